The number of anilines is 2. The quantitative estimate of drug-likeness (QED) is 0.295. The van der Waals surface area contributed by atoms with Crippen molar-refractivity contribution >= 4 is 38.3 Å². The molecule has 10 nitrogen and oxygen atoms in total. The zero-order chi connectivity index (χ0) is 31.2. The Bertz CT molecular complexity index is 1890. The molecular weight excluding hydrogens is 597 g/mol. The normalized spacial score (nSPS) is 16.1. The molecule has 0 bridgehead atoms. The Morgan fingerprint density at radius 2 is 1.73 bits per heavy atom. The Hall–Kier alpha value is -4.72. The molecule has 0 atom stereocenters. The van der Waals surface area contributed by atoms with Crippen molar-refractivity contribution in [3.05, 3.63) is 79.0 Å². The van der Waals surface area contributed by atoms with Crippen LogP contribution in [-0.4, -0.2) is 67.5 Å². The lowest BCUT2D eigenvalue weighted by molar-refractivity contribution is -0.142. The Kier molecular flexibility index (Phi) is 7.40. The van der Waals surface area contributed by atoms with Crippen molar-refractivity contribution in [3.63, 3.8) is 0 Å². The minimum absolute atomic E-state index is 0.0559. The summed E-state index contributed by atoms with van der Waals surface area (Å²) in [4.78, 5) is 27.6. The number of nitrogens with one attached hydrogen (secondary N) is 1. The minimum atomic E-state index is -4.67. The predicted octanol–water partition coefficient (Wildman–Crippen LogP) is 4.69. The molecule has 0 saturated carbocycles. The largest absolute Gasteiger partial charge is 0.480 e. The maximum atomic E-state index is 14.3. The van der Waals surface area contributed by atoms with E-state index in [-0.39, 0.29) is 17.0 Å². The van der Waals surface area contributed by atoms with E-state index in [9.17, 15) is 26.4 Å². The smallest absolute Gasteiger partial charge is 0.282 e. The lowest BCUT2D eigenvalue weighted by Gasteiger charge is -2.54. The van der Waals surface area contributed by atoms with Crippen molar-refractivity contribution in [1.29, 1.82) is 0 Å². The zero-order valence-corrected chi connectivity index (χ0v) is 24.4. The molecule has 2 aromatic carbocycles. The fraction of sp³-hybridized carbons (Fsp3) is 0.267. The molecule has 44 heavy (non-hydrogen) atoms. The number of pyridine rings is 1. The van der Waals surface area contributed by atoms with Gasteiger partial charge in [0.05, 0.1) is 12.6 Å². The topological polar surface area (TPSA) is 118 Å². The van der Waals surface area contributed by atoms with Crippen LogP contribution < -0.4 is 14.4 Å². The van der Waals surface area contributed by atoms with Crippen molar-refractivity contribution in [2.75, 3.05) is 42.9 Å². The lowest BCUT2D eigenvalue weighted by atomic mass is 9.72. The number of carbonyl (C=O) groups excluding carboxylic acids is 1. The van der Waals surface area contributed by atoms with E-state index in [2.05, 4.69) is 31.2 Å². The number of benzene rings is 2. The standard InChI is InChI=1S/C30H27F3N6O4S/c1-18(31)29(40)39-15-30(16-39)8-10-38(11-9-30)27-21-12-19(6-7-24(21)35-17-36-27)20-13-25(28(43-2)34-14-20)37-44(41,42)26-22(32)4-3-5-23(26)33/h3-7,12-14,17,37H,1,8-11,15-16H2,2H3. The van der Waals surface area contributed by atoms with Gasteiger partial charge in [-0.25, -0.2) is 36.5 Å². The second-order valence-corrected chi connectivity index (χ2v) is 12.5. The number of methoxy groups -OCH3 is 1. The van der Waals surface area contributed by atoms with E-state index in [1.807, 2.05) is 12.1 Å². The first kappa shape index (κ1) is 29.4. The molecule has 2 aromatic heterocycles. The highest BCUT2D eigenvalue weighted by atomic mass is 32.2. The molecule has 14 heteroatoms. The highest BCUT2D eigenvalue weighted by Crippen LogP contribution is 2.42. The van der Waals surface area contributed by atoms with Gasteiger partial charge >= 0.3 is 0 Å². The maximum Gasteiger partial charge on any atom is 0.282 e. The number of sulfonamides is 1. The number of fused-ring (bicyclic) bond motifs is 1. The third-order valence-electron chi connectivity index (χ3n) is 8.12. The van der Waals surface area contributed by atoms with E-state index in [0.29, 0.717) is 48.6 Å². The average molecular weight is 625 g/mol. The molecule has 1 N–H and O–H groups in total. The average Bonchev–Trinajstić information content (AvgIpc) is 2.98. The number of amides is 1. The molecule has 228 valence electrons. The third kappa shape index (κ3) is 5.29. The number of halogens is 3. The van der Waals surface area contributed by atoms with Crippen molar-refractivity contribution in [2.24, 2.45) is 5.41 Å². The zero-order valence-electron chi connectivity index (χ0n) is 23.6. The first-order chi connectivity index (χ1) is 21.0. The summed E-state index contributed by atoms with van der Waals surface area (Å²) < 4.78 is 75.2. The van der Waals surface area contributed by atoms with Crippen LogP contribution in [0, 0.1) is 17.0 Å². The number of ether oxygens (including phenoxy) is 1. The van der Waals surface area contributed by atoms with Crippen LogP contribution >= 0.6 is 0 Å². The van der Waals surface area contributed by atoms with Gasteiger partial charge in [-0.2, -0.15) is 0 Å². The van der Waals surface area contributed by atoms with Gasteiger partial charge in [0.15, 0.2) is 10.7 Å². The van der Waals surface area contributed by atoms with Gasteiger partial charge in [-0.05, 0) is 48.7 Å². The summed E-state index contributed by atoms with van der Waals surface area (Å²) in [6, 6.07) is 9.71. The Balaban J connectivity index is 1.27. The Morgan fingerprint density at radius 3 is 2.39 bits per heavy atom. The summed E-state index contributed by atoms with van der Waals surface area (Å²) in [6.45, 7) is 5.45. The van der Waals surface area contributed by atoms with Gasteiger partial charge in [0.25, 0.3) is 15.9 Å². The number of rotatable bonds is 7. The summed E-state index contributed by atoms with van der Waals surface area (Å²) in [7, 11) is -3.38. The van der Waals surface area contributed by atoms with Crippen molar-refractivity contribution < 1.29 is 31.1 Å². The molecule has 2 fully saturated rings. The van der Waals surface area contributed by atoms with Crippen LogP contribution in [0.25, 0.3) is 22.0 Å². The first-order valence-corrected chi connectivity index (χ1v) is 15.1. The number of nitrogens with zero attached hydrogens (tertiary/aromatic N) is 5. The Labute approximate surface area is 251 Å². The number of piperidine rings is 1. The summed E-state index contributed by atoms with van der Waals surface area (Å²) in [5.41, 5.74) is 1.69. The van der Waals surface area contributed by atoms with Crippen molar-refractivity contribution in [2.45, 2.75) is 17.7 Å². The van der Waals surface area contributed by atoms with Crippen LogP contribution in [-0.2, 0) is 14.8 Å². The van der Waals surface area contributed by atoms with Crippen molar-refractivity contribution in [1.82, 2.24) is 19.9 Å². The number of hydrogen-bond donors (Lipinski definition) is 1. The van der Waals surface area contributed by atoms with E-state index >= 15 is 0 Å². The van der Waals surface area contributed by atoms with E-state index in [1.54, 1.807) is 6.07 Å². The summed E-state index contributed by atoms with van der Waals surface area (Å²) in [5, 5.41) is 0.756. The number of carbonyl (C=O) groups is 1. The highest BCUT2D eigenvalue weighted by Gasteiger charge is 2.47. The van der Waals surface area contributed by atoms with Gasteiger partial charge in [0.1, 0.15) is 29.5 Å². The minimum Gasteiger partial charge on any atom is -0.480 e. The Morgan fingerprint density at radius 1 is 1.02 bits per heavy atom. The van der Waals surface area contributed by atoms with Gasteiger partial charge in [0, 0.05) is 48.7 Å². The highest BCUT2D eigenvalue weighted by molar-refractivity contribution is 7.92. The van der Waals surface area contributed by atoms with Crippen LogP contribution in [0.1, 0.15) is 12.8 Å². The molecular formula is C30H27F3N6O4S. The molecule has 2 saturated heterocycles. The van der Waals surface area contributed by atoms with E-state index in [0.717, 1.165) is 36.4 Å². The van der Waals surface area contributed by atoms with Gasteiger partial charge in [-0.1, -0.05) is 18.7 Å². The van der Waals surface area contributed by atoms with Gasteiger partial charge < -0.3 is 14.5 Å². The molecule has 4 aromatic rings. The van der Waals surface area contributed by atoms with Crippen LogP contribution in [0.15, 0.2) is 72.3 Å². The van der Waals surface area contributed by atoms with Gasteiger partial charge in [0.2, 0.25) is 5.88 Å². The fourth-order valence-corrected chi connectivity index (χ4v) is 7.03. The van der Waals surface area contributed by atoms with E-state index < -0.39 is 38.3 Å². The van der Waals surface area contributed by atoms with Crippen LogP contribution in [0.5, 0.6) is 5.88 Å². The molecule has 0 radical (unpaired) electrons. The number of likely N-dealkylation sites (tertiary alicyclic amines) is 1. The summed E-state index contributed by atoms with van der Waals surface area (Å²) in [5.74, 6) is -3.45. The van der Waals surface area contributed by atoms with Crippen LogP contribution in [0.4, 0.5) is 24.7 Å². The second kappa shape index (κ2) is 11.1. The van der Waals surface area contributed by atoms with Crippen LogP contribution in [0.3, 0.4) is 0 Å². The third-order valence-corrected chi connectivity index (χ3v) is 9.54. The molecule has 1 spiro atoms. The van der Waals surface area contributed by atoms with E-state index in [4.69, 9.17) is 4.74 Å². The molecule has 2 aliphatic heterocycles. The molecule has 6 rings (SSSR count). The second-order valence-electron chi connectivity index (χ2n) is 10.9. The maximum absolute atomic E-state index is 14.3. The van der Waals surface area contributed by atoms with Crippen LogP contribution in [0.2, 0.25) is 0 Å². The summed E-state index contributed by atoms with van der Waals surface area (Å²) in [6.07, 6.45) is 4.58. The fourth-order valence-electron chi connectivity index (χ4n) is 5.84. The SMILES string of the molecule is C=C(F)C(=O)N1CC2(CCN(c3ncnc4ccc(-c5cnc(OC)c(NS(=O)(=O)c6c(F)cccc6F)c5)cc34)CC2)C1. The van der Waals surface area contributed by atoms with Gasteiger partial charge in [-0.15, -0.1) is 0 Å². The molecule has 1 amide bonds. The first-order valence-electron chi connectivity index (χ1n) is 13.6. The predicted molar refractivity (Wildman–Crippen MR) is 157 cm³/mol. The van der Waals surface area contributed by atoms with E-state index in [1.165, 1.54) is 30.6 Å². The summed E-state index contributed by atoms with van der Waals surface area (Å²) >= 11 is 0. The van der Waals surface area contributed by atoms with Gasteiger partial charge in [-0.3, -0.25) is 9.52 Å². The molecule has 0 aliphatic carbocycles. The lowest BCUT2D eigenvalue weighted by Crippen LogP contribution is -2.62. The molecule has 4 heterocycles. The number of aromatic nitrogens is 3. The monoisotopic (exact) mass is 624 g/mol. The molecule has 0 unspecified atom stereocenters. The molecule has 2 aliphatic rings. The van der Waals surface area contributed by atoms with Crippen molar-refractivity contribution in [3.8, 4) is 17.0 Å². The number of hydrogen-bond acceptors (Lipinski definition) is 8.